The first kappa shape index (κ1) is 16.9. The molecule has 0 saturated carbocycles. The number of amides is 1. The number of benzene rings is 1. The highest BCUT2D eigenvalue weighted by Gasteiger charge is 2.15. The van der Waals surface area contributed by atoms with E-state index in [1.54, 1.807) is 12.3 Å². The van der Waals surface area contributed by atoms with Crippen LogP contribution in [0, 0.1) is 0 Å². The molecule has 0 saturated heterocycles. The minimum absolute atomic E-state index is 0.0855. The van der Waals surface area contributed by atoms with Crippen LogP contribution in [0.1, 0.15) is 18.5 Å². The molecule has 1 heterocycles. The third kappa shape index (κ3) is 4.80. The minimum atomic E-state index is -0.105. The molecule has 0 fully saturated rings. The van der Waals surface area contributed by atoms with E-state index in [9.17, 15) is 4.79 Å². The van der Waals surface area contributed by atoms with Crippen molar-refractivity contribution in [3.63, 3.8) is 0 Å². The van der Waals surface area contributed by atoms with Gasteiger partial charge in [-0.1, -0.05) is 23.7 Å². The zero-order valence-corrected chi connectivity index (χ0v) is 14.7. The second-order valence-electron chi connectivity index (χ2n) is 5.06. The van der Waals surface area contributed by atoms with Gasteiger partial charge in [0.15, 0.2) is 0 Å². The summed E-state index contributed by atoms with van der Waals surface area (Å²) in [6.45, 7) is 2.31. The molecule has 1 aromatic carbocycles. The molecule has 22 heavy (non-hydrogen) atoms. The summed E-state index contributed by atoms with van der Waals surface area (Å²) in [5.74, 6) is 0.434. The van der Waals surface area contributed by atoms with Gasteiger partial charge in [0.25, 0.3) is 0 Å². The van der Waals surface area contributed by atoms with E-state index in [2.05, 4.69) is 26.2 Å². The van der Waals surface area contributed by atoms with Crippen LogP contribution in [0.15, 0.2) is 47.1 Å². The molecule has 0 bridgehead atoms. The van der Waals surface area contributed by atoms with E-state index in [4.69, 9.17) is 11.6 Å². The summed E-state index contributed by atoms with van der Waals surface area (Å²) in [7, 11) is 1.90. The lowest BCUT2D eigenvalue weighted by atomic mass is 10.1. The van der Waals surface area contributed by atoms with Gasteiger partial charge in [-0.25, -0.2) is 4.98 Å². The average Bonchev–Trinajstić information content (AvgIpc) is 2.48. The van der Waals surface area contributed by atoms with Gasteiger partial charge in [-0.05, 0) is 59.7 Å². The van der Waals surface area contributed by atoms with Crippen LogP contribution in [-0.2, 0) is 4.79 Å². The van der Waals surface area contributed by atoms with Crippen molar-refractivity contribution in [2.75, 3.05) is 18.9 Å². The molecule has 4 nitrogen and oxygen atoms in total. The van der Waals surface area contributed by atoms with Crippen molar-refractivity contribution in [3.8, 4) is 0 Å². The van der Waals surface area contributed by atoms with Gasteiger partial charge in [-0.15, -0.1) is 0 Å². The van der Waals surface area contributed by atoms with E-state index < -0.39 is 0 Å². The van der Waals surface area contributed by atoms with Crippen LogP contribution < -0.4 is 5.32 Å². The highest BCUT2D eigenvalue weighted by molar-refractivity contribution is 9.10. The lowest BCUT2D eigenvalue weighted by Gasteiger charge is -2.24. The van der Waals surface area contributed by atoms with Crippen LogP contribution in [0.5, 0.6) is 0 Å². The number of anilines is 1. The largest absolute Gasteiger partial charge is 0.310 e. The van der Waals surface area contributed by atoms with E-state index in [-0.39, 0.29) is 18.5 Å². The van der Waals surface area contributed by atoms with Crippen LogP contribution in [0.4, 0.5) is 5.82 Å². The number of pyridine rings is 1. The Morgan fingerprint density at radius 1 is 1.41 bits per heavy atom. The first-order valence-corrected chi connectivity index (χ1v) is 8.00. The highest BCUT2D eigenvalue weighted by Crippen LogP contribution is 2.21. The van der Waals surface area contributed by atoms with E-state index in [1.807, 2.05) is 49.2 Å². The van der Waals surface area contributed by atoms with Gasteiger partial charge in [-0.2, -0.15) is 0 Å². The summed E-state index contributed by atoms with van der Waals surface area (Å²) in [5, 5.41) is 3.47. The first-order chi connectivity index (χ1) is 10.5. The first-order valence-electron chi connectivity index (χ1n) is 6.83. The number of nitrogens with one attached hydrogen (secondary N) is 1. The van der Waals surface area contributed by atoms with E-state index in [0.717, 1.165) is 10.0 Å². The zero-order chi connectivity index (χ0) is 16.1. The van der Waals surface area contributed by atoms with E-state index >= 15 is 0 Å². The van der Waals surface area contributed by atoms with Crippen LogP contribution in [0.2, 0.25) is 5.02 Å². The fourth-order valence-electron chi connectivity index (χ4n) is 2.02. The predicted molar refractivity (Wildman–Crippen MR) is 93.1 cm³/mol. The third-order valence-electron chi connectivity index (χ3n) is 3.38. The van der Waals surface area contributed by atoms with Crippen molar-refractivity contribution >= 4 is 39.3 Å². The molecular formula is C16H17BrClN3O. The van der Waals surface area contributed by atoms with Gasteiger partial charge in [0.1, 0.15) is 5.82 Å². The van der Waals surface area contributed by atoms with Crippen molar-refractivity contribution in [2.24, 2.45) is 0 Å². The number of aromatic nitrogens is 1. The fraction of sp³-hybridized carbons (Fsp3) is 0.250. The van der Waals surface area contributed by atoms with Crippen molar-refractivity contribution in [2.45, 2.75) is 13.0 Å². The Morgan fingerprint density at radius 2 is 2.18 bits per heavy atom. The molecule has 0 aliphatic heterocycles. The number of hydrogen-bond donors (Lipinski definition) is 1. The maximum Gasteiger partial charge on any atom is 0.239 e. The SMILES string of the molecule is CC(c1cccc(Cl)c1)N(C)CC(=O)Nc1ccc(Br)cn1. The van der Waals surface area contributed by atoms with Gasteiger partial charge in [0, 0.05) is 21.7 Å². The second kappa shape index (κ2) is 7.72. The molecule has 2 rings (SSSR count). The molecule has 0 spiro atoms. The van der Waals surface area contributed by atoms with Gasteiger partial charge < -0.3 is 5.32 Å². The molecule has 1 N–H and O–H groups in total. The topological polar surface area (TPSA) is 45.2 Å². The van der Waals surface area contributed by atoms with Gasteiger partial charge in [0.05, 0.1) is 6.54 Å². The number of nitrogens with zero attached hydrogens (tertiary/aromatic N) is 2. The number of halogens is 2. The van der Waals surface area contributed by atoms with Crippen LogP contribution in [-0.4, -0.2) is 29.4 Å². The zero-order valence-electron chi connectivity index (χ0n) is 12.4. The standard InChI is InChI=1S/C16H17BrClN3O/c1-11(12-4-3-5-14(18)8-12)21(2)10-16(22)20-15-7-6-13(17)9-19-15/h3-9,11H,10H2,1-2H3,(H,19,20,22). The van der Waals surface area contributed by atoms with E-state index in [0.29, 0.717) is 10.8 Å². The van der Waals surface area contributed by atoms with Crippen LogP contribution in [0.3, 0.4) is 0 Å². The van der Waals surface area contributed by atoms with Crippen molar-refractivity contribution in [3.05, 3.63) is 57.7 Å². The molecule has 1 amide bonds. The predicted octanol–water partition coefficient (Wildman–Crippen LogP) is 4.13. The Balaban J connectivity index is 1.94. The quantitative estimate of drug-likeness (QED) is 0.845. The number of likely N-dealkylation sites (N-methyl/N-ethyl adjacent to an activating group) is 1. The minimum Gasteiger partial charge on any atom is -0.310 e. The molecule has 6 heteroatoms. The maximum absolute atomic E-state index is 12.1. The summed E-state index contributed by atoms with van der Waals surface area (Å²) < 4.78 is 0.872. The van der Waals surface area contributed by atoms with Crippen molar-refractivity contribution < 1.29 is 4.79 Å². The molecule has 2 aromatic rings. The Bertz CT molecular complexity index is 648. The molecule has 0 aliphatic carbocycles. The fourth-order valence-corrected chi connectivity index (χ4v) is 2.45. The monoisotopic (exact) mass is 381 g/mol. The van der Waals surface area contributed by atoms with Gasteiger partial charge >= 0.3 is 0 Å². The summed E-state index contributed by atoms with van der Waals surface area (Å²) in [6.07, 6.45) is 1.65. The lowest BCUT2D eigenvalue weighted by Crippen LogP contribution is -2.32. The molecule has 0 radical (unpaired) electrons. The smallest absolute Gasteiger partial charge is 0.239 e. The van der Waals surface area contributed by atoms with Gasteiger partial charge in [-0.3, -0.25) is 9.69 Å². The summed E-state index contributed by atoms with van der Waals surface area (Å²) in [4.78, 5) is 18.2. The van der Waals surface area contributed by atoms with Crippen LogP contribution >= 0.6 is 27.5 Å². The van der Waals surface area contributed by atoms with Gasteiger partial charge in [0.2, 0.25) is 5.91 Å². The summed E-state index contributed by atoms with van der Waals surface area (Å²) >= 11 is 9.32. The number of carbonyl (C=O) groups is 1. The second-order valence-corrected chi connectivity index (χ2v) is 6.41. The molecule has 0 aliphatic rings. The highest BCUT2D eigenvalue weighted by atomic mass is 79.9. The van der Waals surface area contributed by atoms with Crippen molar-refractivity contribution in [1.29, 1.82) is 0 Å². The Hall–Kier alpha value is -1.43. The number of carbonyl (C=O) groups excluding carboxylic acids is 1. The average molecular weight is 383 g/mol. The van der Waals surface area contributed by atoms with Crippen LogP contribution in [0.25, 0.3) is 0 Å². The maximum atomic E-state index is 12.1. The summed E-state index contributed by atoms with van der Waals surface area (Å²) in [6, 6.07) is 11.3. The molecule has 1 aromatic heterocycles. The number of hydrogen-bond acceptors (Lipinski definition) is 3. The van der Waals surface area contributed by atoms with Crippen molar-refractivity contribution in [1.82, 2.24) is 9.88 Å². The Morgan fingerprint density at radius 3 is 2.82 bits per heavy atom. The molecule has 1 atom stereocenters. The third-order valence-corrected chi connectivity index (χ3v) is 4.08. The summed E-state index contributed by atoms with van der Waals surface area (Å²) in [5.41, 5.74) is 1.07. The van der Waals surface area contributed by atoms with E-state index in [1.165, 1.54) is 0 Å². The number of rotatable bonds is 5. The molecular weight excluding hydrogens is 366 g/mol. The Labute approximate surface area is 143 Å². The normalized spacial score (nSPS) is 12.2. The molecule has 1 unspecified atom stereocenters. The Kier molecular flexibility index (Phi) is 5.94. The molecule has 116 valence electrons. The lowest BCUT2D eigenvalue weighted by molar-refractivity contribution is -0.117.